The predicted molar refractivity (Wildman–Crippen MR) is 91.1 cm³/mol. The summed E-state index contributed by atoms with van der Waals surface area (Å²) in [6, 6.07) is 8.95. The second kappa shape index (κ2) is 12.8. The lowest BCUT2D eigenvalue weighted by atomic mass is 10.2. The third-order valence-electron chi connectivity index (χ3n) is 3.25. The Bertz CT molecular complexity index is 547. The van der Waals surface area contributed by atoms with E-state index in [-0.39, 0.29) is 12.5 Å². The number of carbonyl (C=O) groups is 3. The second-order valence-electron chi connectivity index (χ2n) is 5.43. The molecule has 0 aliphatic heterocycles. The maximum atomic E-state index is 11.8. The predicted octanol–water partition coefficient (Wildman–Crippen LogP) is 1.31. The molecule has 0 unspecified atom stereocenters. The van der Waals surface area contributed by atoms with Gasteiger partial charge in [-0.15, -0.1) is 0 Å². The summed E-state index contributed by atoms with van der Waals surface area (Å²) >= 11 is 0. The van der Waals surface area contributed by atoms with Crippen LogP contribution in [0.15, 0.2) is 30.3 Å². The number of carbonyl (C=O) groups excluding carboxylic acids is 1. The summed E-state index contributed by atoms with van der Waals surface area (Å²) in [5.41, 5.74) is 0.620. The lowest BCUT2D eigenvalue weighted by molar-refractivity contribution is -0.362. The van der Waals surface area contributed by atoms with E-state index >= 15 is 0 Å². The van der Waals surface area contributed by atoms with E-state index in [4.69, 9.17) is 19.9 Å². The average Bonchev–Trinajstić information content (AvgIpc) is 2.62. The van der Waals surface area contributed by atoms with Gasteiger partial charge in [-0.3, -0.25) is 14.5 Å². The van der Waals surface area contributed by atoms with Gasteiger partial charge in [-0.1, -0.05) is 36.3 Å². The van der Waals surface area contributed by atoms with Crippen molar-refractivity contribution < 1.29 is 34.3 Å². The number of nitrogens with zero attached hydrogens (tertiary/aromatic N) is 1. The summed E-state index contributed by atoms with van der Waals surface area (Å²) in [4.78, 5) is 42.5. The molecular weight excluding hydrogens is 344 g/mol. The van der Waals surface area contributed by atoms with Gasteiger partial charge in [-0.05, 0) is 25.0 Å². The summed E-state index contributed by atoms with van der Waals surface area (Å²) in [6.45, 7) is -0.407. The number of hydroxylamine groups is 2. The SMILES string of the molecule is O=C(O)CON(CCCCCCNC(=O)c1ccccc1)OCC(=O)O. The molecule has 0 saturated heterocycles. The van der Waals surface area contributed by atoms with Gasteiger partial charge in [-0.2, -0.15) is 0 Å². The highest BCUT2D eigenvalue weighted by atomic mass is 17.0. The second-order valence-corrected chi connectivity index (χ2v) is 5.43. The van der Waals surface area contributed by atoms with Crippen molar-refractivity contribution in [3.05, 3.63) is 35.9 Å². The molecule has 9 heteroatoms. The molecule has 0 aliphatic rings. The zero-order valence-electron chi connectivity index (χ0n) is 14.4. The van der Waals surface area contributed by atoms with Gasteiger partial charge in [0.05, 0.1) is 6.54 Å². The number of carboxylic acid groups (broad SMARTS) is 2. The molecule has 1 rings (SSSR count). The minimum atomic E-state index is -1.18. The van der Waals surface area contributed by atoms with E-state index in [0.717, 1.165) is 24.5 Å². The maximum absolute atomic E-state index is 11.8. The van der Waals surface area contributed by atoms with Crippen LogP contribution in [0.25, 0.3) is 0 Å². The molecule has 0 atom stereocenters. The number of benzene rings is 1. The van der Waals surface area contributed by atoms with Gasteiger partial charge >= 0.3 is 11.9 Å². The van der Waals surface area contributed by atoms with Crippen LogP contribution in [-0.4, -0.2) is 59.6 Å². The van der Waals surface area contributed by atoms with E-state index in [1.807, 2.05) is 6.07 Å². The number of hydrogen-bond donors (Lipinski definition) is 3. The van der Waals surface area contributed by atoms with E-state index in [2.05, 4.69) is 5.32 Å². The van der Waals surface area contributed by atoms with Crippen LogP contribution < -0.4 is 5.32 Å². The topological polar surface area (TPSA) is 125 Å². The minimum absolute atomic E-state index is 0.110. The van der Waals surface area contributed by atoms with Crippen LogP contribution in [0.4, 0.5) is 0 Å². The summed E-state index contributed by atoms with van der Waals surface area (Å²) in [6.07, 6.45) is 3.07. The normalized spacial score (nSPS) is 10.7. The summed E-state index contributed by atoms with van der Waals surface area (Å²) in [5.74, 6) is -2.47. The Kier molecular flexibility index (Phi) is 10.6. The van der Waals surface area contributed by atoms with Gasteiger partial charge < -0.3 is 15.5 Å². The number of unbranched alkanes of at least 4 members (excludes halogenated alkanes) is 3. The van der Waals surface area contributed by atoms with Gasteiger partial charge in [0.2, 0.25) is 0 Å². The van der Waals surface area contributed by atoms with Crippen molar-refractivity contribution in [2.75, 3.05) is 26.3 Å². The third kappa shape index (κ3) is 10.4. The lowest BCUT2D eigenvalue weighted by Crippen LogP contribution is -2.30. The van der Waals surface area contributed by atoms with Crippen LogP contribution in [0.2, 0.25) is 0 Å². The summed E-state index contributed by atoms with van der Waals surface area (Å²) in [5, 5.41) is 20.9. The first-order chi connectivity index (χ1) is 12.5. The number of rotatable bonds is 14. The standard InChI is InChI=1S/C17H24N2O7/c20-15(21)12-25-19(26-13-16(22)23)11-7-2-1-6-10-18-17(24)14-8-4-3-5-9-14/h3-5,8-9H,1-2,6-7,10-13H2,(H,18,24)(H,20,21)(H,22,23). The smallest absolute Gasteiger partial charge is 0.331 e. The van der Waals surface area contributed by atoms with Crippen LogP contribution >= 0.6 is 0 Å². The van der Waals surface area contributed by atoms with Crippen molar-refractivity contribution in [3.63, 3.8) is 0 Å². The molecule has 9 nitrogen and oxygen atoms in total. The Morgan fingerprint density at radius 2 is 1.46 bits per heavy atom. The highest BCUT2D eigenvalue weighted by molar-refractivity contribution is 5.94. The molecule has 26 heavy (non-hydrogen) atoms. The third-order valence-corrected chi connectivity index (χ3v) is 3.25. The van der Waals surface area contributed by atoms with Crippen LogP contribution in [0.5, 0.6) is 0 Å². The lowest BCUT2D eigenvalue weighted by Gasteiger charge is -2.19. The zero-order chi connectivity index (χ0) is 19.2. The molecular formula is C17H24N2O7. The molecule has 0 spiro atoms. The highest BCUT2D eigenvalue weighted by Gasteiger charge is 2.11. The summed E-state index contributed by atoms with van der Waals surface area (Å²) < 4.78 is 0. The fraction of sp³-hybridized carbons (Fsp3) is 0.471. The van der Waals surface area contributed by atoms with E-state index in [9.17, 15) is 14.4 Å². The minimum Gasteiger partial charge on any atom is -0.479 e. The molecule has 144 valence electrons. The Labute approximate surface area is 151 Å². The number of aliphatic carboxylic acids is 2. The monoisotopic (exact) mass is 368 g/mol. The molecule has 0 saturated carbocycles. The summed E-state index contributed by atoms with van der Waals surface area (Å²) in [7, 11) is 0. The molecule has 1 amide bonds. The van der Waals surface area contributed by atoms with Crippen molar-refractivity contribution in [1.29, 1.82) is 0 Å². The number of nitrogens with one attached hydrogen (secondary N) is 1. The molecule has 1 aromatic carbocycles. The quantitative estimate of drug-likeness (QED) is 0.331. The molecule has 0 aromatic heterocycles. The average molecular weight is 368 g/mol. The number of hydrogen-bond acceptors (Lipinski definition) is 6. The van der Waals surface area contributed by atoms with Crippen LogP contribution in [0, 0.1) is 0 Å². The largest absolute Gasteiger partial charge is 0.479 e. The molecule has 0 radical (unpaired) electrons. The van der Waals surface area contributed by atoms with Gasteiger partial charge in [0, 0.05) is 12.1 Å². The van der Waals surface area contributed by atoms with Crippen LogP contribution in [0.3, 0.4) is 0 Å². The Morgan fingerprint density at radius 1 is 0.885 bits per heavy atom. The van der Waals surface area contributed by atoms with E-state index in [1.165, 1.54) is 0 Å². The first-order valence-electron chi connectivity index (χ1n) is 8.29. The number of amides is 1. The highest BCUT2D eigenvalue weighted by Crippen LogP contribution is 2.04. The maximum Gasteiger partial charge on any atom is 0.331 e. The van der Waals surface area contributed by atoms with E-state index in [0.29, 0.717) is 18.5 Å². The van der Waals surface area contributed by atoms with E-state index in [1.54, 1.807) is 24.3 Å². The molecule has 0 bridgehead atoms. The fourth-order valence-electron chi connectivity index (χ4n) is 2.03. The molecule has 3 N–H and O–H groups in total. The number of carboxylic acids is 2. The van der Waals surface area contributed by atoms with Crippen molar-refractivity contribution >= 4 is 17.8 Å². The first kappa shape index (κ1) is 21.6. The zero-order valence-corrected chi connectivity index (χ0v) is 14.4. The van der Waals surface area contributed by atoms with Crippen molar-refractivity contribution in [2.24, 2.45) is 0 Å². The Balaban J connectivity index is 2.13. The molecule has 0 fully saturated rings. The van der Waals surface area contributed by atoms with Crippen LogP contribution in [-0.2, 0) is 19.3 Å². The Morgan fingerprint density at radius 3 is 2.04 bits per heavy atom. The first-order valence-corrected chi connectivity index (χ1v) is 8.29. The van der Waals surface area contributed by atoms with Gasteiger partial charge in [0.25, 0.3) is 5.91 Å². The van der Waals surface area contributed by atoms with Crippen LogP contribution in [0.1, 0.15) is 36.0 Å². The molecule has 0 heterocycles. The molecule has 1 aromatic rings. The Hall–Kier alpha value is -2.49. The van der Waals surface area contributed by atoms with Crippen molar-refractivity contribution in [3.8, 4) is 0 Å². The van der Waals surface area contributed by atoms with Crippen molar-refractivity contribution in [2.45, 2.75) is 25.7 Å². The fourth-order valence-corrected chi connectivity index (χ4v) is 2.03. The van der Waals surface area contributed by atoms with Gasteiger partial charge in [0.1, 0.15) is 0 Å². The van der Waals surface area contributed by atoms with Gasteiger partial charge in [-0.25, -0.2) is 9.59 Å². The van der Waals surface area contributed by atoms with Crippen molar-refractivity contribution in [1.82, 2.24) is 10.5 Å². The van der Waals surface area contributed by atoms with E-state index < -0.39 is 25.2 Å². The van der Waals surface area contributed by atoms with Gasteiger partial charge in [0.15, 0.2) is 13.2 Å². The molecule has 0 aliphatic carbocycles.